The molecule has 2 N–H and O–H groups in total. The van der Waals surface area contributed by atoms with Crippen LogP contribution in [0.25, 0.3) is 0 Å². The summed E-state index contributed by atoms with van der Waals surface area (Å²) in [6, 6.07) is 0. The van der Waals surface area contributed by atoms with Gasteiger partial charge in [0.2, 0.25) is 5.91 Å². The Hall–Kier alpha value is -1.95. The Morgan fingerprint density at radius 3 is 2.76 bits per heavy atom. The van der Waals surface area contributed by atoms with E-state index in [-0.39, 0.29) is 18.2 Å². The summed E-state index contributed by atoms with van der Waals surface area (Å²) in [6.07, 6.45) is 5.72. The van der Waals surface area contributed by atoms with Crippen LogP contribution in [-0.2, 0) is 9.59 Å². The second-order valence-electron chi connectivity index (χ2n) is 7.32. The highest BCUT2D eigenvalue weighted by Crippen LogP contribution is 2.30. The van der Waals surface area contributed by atoms with Crippen LogP contribution in [0.15, 0.2) is 28.9 Å². The first kappa shape index (κ1) is 19.4. The van der Waals surface area contributed by atoms with Crippen molar-refractivity contribution in [1.82, 2.24) is 10.2 Å². The molecular weight excluding hydrogens is 316 g/mol. The molecule has 0 saturated carbocycles. The molecule has 0 saturated heterocycles. The minimum atomic E-state index is -0.929. The van der Waals surface area contributed by atoms with Crippen LogP contribution in [-0.4, -0.2) is 54.3 Å². The molecule has 2 aliphatic rings. The van der Waals surface area contributed by atoms with Gasteiger partial charge in [0.25, 0.3) is 5.91 Å². The summed E-state index contributed by atoms with van der Waals surface area (Å²) in [5, 5.41) is 3.06. The smallest absolute Gasteiger partial charge is 0.250 e. The summed E-state index contributed by atoms with van der Waals surface area (Å²) in [7, 11) is 0. The fourth-order valence-corrected chi connectivity index (χ4v) is 3.44. The number of fused-ring (bicyclic) bond motifs is 1. The predicted octanol–water partition coefficient (Wildman–Crippen LogP) is 0.527. The van der Waals surface area contributed by atoms with E-state index >= 15 is 0 Å². The first-order valence-electron chi connectivity index (χ1n) is 9.20. The van der Waals surface area contributed by atoms with E-state index in [1.165, 1.54) is 4.90 Å². The molecule has 0 fully saturated rings. The highest BCUT2D eigenvalue weighted by Gasteiger charge is 2.46. The fraction of sp³-hybridized carbons (Fsp3) is 0.632. The molecule has 138 valence electrons. The number of hydrogen-bond donors (Lipinski definition) is 2. The average molecular weight is 347 g/mol. The van der Waals surface area contributed by atoms with Crippen LogP contribution in [0.2, 0.25) is 0 Å². The molecule has 0 aromatic heterocycles. The van der Waals surface area contributed by atoms with Crippen molar-refractivity contribution in [3.63, 3.8) is 0 Å². The Balaban J connectivity index is 2.05. The summed E-state index contributed by atoms with van der Waals surface area (Å²) in [4.78, 5) is 32.5. The fourth-order valence-electron chi connectivity index (χ4n) is 3.44. The highest BCUT2D eigenvalue weighted by atomic mass is 16.2. The topological polar surface area (TPSA) is 66.2 Å². The number of nitrogens with one attached hydrogen (secondary N) is 2. The lowest BCUT2D eigenvalue weighted by Gasteiger charge is -2.43. The molecule has 6 nitrogen and oxygen atoms in total. The van der Waals surface area contributed by atoms with Crippen LogP contribution in [0.5, 0.6) is 0 Å². The molecule has 6 heteroatoms. The molecule has 0 spiro atoms. The molecular formula is C19H31N4O2+. The van der Waals surface area contributed by atoms with Gasteiger partial charge < -0.3 is 15.1 Å². The van der Waals surface area contributed by atoms with Crippen molar-refractivity contribution in [2.45, 2.75) is 46.6 Å². The first-order chi connectivity index (χ1) is 11.8. The lowest BCUT2D eigenvalue weighted by atomic mass is 9.90. The van der Waals surface area contributed by atoms with Crippen LogP contribution in [0.3, 0.4) is 0 Å². The molecule has 0 aromatic rings. The standard InChI is InChI=1S/C19H30N4O2/c1-6-22(7-2)13-14(3)12-20-18(25)19(5)11-16(24)21-17-15(4)9-8-10-23(17)19/h8-10,14H,6-7,11-13H2,1-5H3,(H,20,25)/p+1. The number of rotatable bonds is 7. The summed E-state index contributed by atoms with van der Waals surface area (Å²) >= 11 is 0. The van der Waals surface area contributed by atoms with Gasteiger partial charge in [-0.15, -0.1) is 0 Å². The van der Waals surface area contributed by atoms with Gasteiger partial charge >= 0.3 is 0 Å². The Kier molecular flexibility index (Phi) is 6.16. The Bertz CT molecular complexity index is 619. The van der Waals surface area contributed by atoms with E-state index in [1.54, 1.807) is 0 Å². The van der Waals surface area contributed by atoms with Crippen molar-refractivity contribution in [2.24, 2.45) is 10.9 Å². The van der Waals surface area contributed by atoms with E-state index in [2.05, 4.69) is 31.1 Å². The van der Waals surface area contributed by atoms with Crippen LogP contribution in [0.1, 0.15) is 41.0 Å². The summed E-state index contributed by atoms with van der Waals surface area (Å²) < 4.78 is 0. The quantitative estimate of drug-likeness (QED) is 0.706. The third-order valence-electron chi connectivity index (χ3n) is 5.16. The second kappa shape index (κ2) is 7.95. The van der Waals surface area contributed by atoms with Gasteiger partial charge in [0, 0.05) is 18.7 Å². The number of amides is 2. The zero-order chi connectivity index (χ0) is 18.6. The molecule has 0 bridgehead atoms. The highest BCUT2D eigenvalue weighted by molar-refractivity contribution is 6.11. The number of amidine groups is 1. The van der Waals surface area contributed by atoms with Crippen LogP contribution in [0.4, 0.5) is 0 Å². The zero-order valence-electron chi connectivity index (χ0n) is 16.1. The zero-order valence-corrected chi connectivity index (χ0v) is 16.1. The maximum Gasteiger partial charge on any atom is 0.250 e. The number of aliphatic imine (C=N–C) groups is 1. The summed E-state index contributed by atoms with van der Waals surface area (Å²) in [5.74, 6) is 0.604. The molecule has 0 aromatic carbocycles. The van der Waals surface area contributed by atoms with Crippen LogP contribution in [0, 0.1) is 5.92 Å². The molecule has 2 heterocycles. The Labute approximate surface area is 150 Å². The van der Waals surface area contributed by atoms with Gasteiger partial charge in [0.05, 0.1) is 26.1 Å². The normalized spacial score (nSPS) is 23.9. The third-order valence-corrected chi connectivity index (χ3v) is 5.16. The van der Waals surface area contributed by atoms with E-state index in [0.29, 0.717) is 18.3 Å². The molecule has 0 aliphatic carbocycles. The second-order valence-corrected chi connectivity index (χ2v) is 7.32. The van der Waals surface area contributed by atoms with Crippen LogP contribution >= 0.6 is 0 Å². The minimum Gasteiger partial charge on any atom is -0.354 e. The summed E-state index contributed by atoms with van der Waals surface area (Å²) in [6.45, 7) is 14.1. The van der Waals surface area contributed by atoms with Gasteiger partial charge in [-0.05, 0) is 39.3 Å². The summed E-state index contributed by atoms with van der Waals surface area (Å²) in [5.41, 5.74) is -0.0322. The third kappa shape index (κ3) is 4.18. The molecule has 2 rings (SSSR count). The molecule has 0 radical (unpaired) electrons. The van der Waals surface area contributed by atoms with Gasteiger partial charge in [0.15, 0.2) is 0 Å². The molecule has 25 heavy (non-hydrogen) atoms. The largest absolute Gasteiger partial charge is 0.354 e. The maximum absolute atomic E-state index is 12.9. The number of carbonyl (C=O) groups is 2. The van der Waals surface area contributed by atoms with Gasteiger partial charge in [0.1, 0.15) is 11.4 Å². The number of carbonyl (C=O) groups excluding carboxylic acids is 2. The van der Waals surface area contributed by atoms with Gasteiger partial charge in [-0.3, -0.25) is 9.59 Å². The first-order valence-corrected chi connectivity index (χ1v) is 9.20. The average Bonchev–Trinajstić information content (AvgIpc) is 2.58. The van der Waals surface area contributed by atoms with Crippen molar-refractivity contribution in [3.8, 4) is 0 Å². The van der Waals surface area contributed by atoms with E-state index in [9.17, 15) is 9.59 Å². The van der Waals surface area contributed by atoms with Gasteiger partial charge in [-0.25, -0.2) is 0 Å². The van der Waals surface area contributed by atoms with Crippen molar-refractivity contribution in [1.29, 1.82) is 0 Å². The van der Waals surface area contributed by atoms with E-state index < -0.39 is 5.54 Å². The van der Waals surface area contributed by atoms with E-state index in [4.69, 9.17) is 0 Å². The molecule has 2 aliphatic heterocycles. The monoisotopic (exact) mass is 347 g/mol. The SMILES string of the molecule is CC[NH+](CC)CC(C)CNC(=O)C1(C)CC(=O)N=C2C(C)=CC=CN21. The number of hydrogen-bond acceptors (Lipinski definition) is 3. The van der Waals surface area contributed by atoms with Crippen molar-refractivity contribution >= 4 is 17.6 Å². The minimum absolute atomic E-state index is 0.0929. The van der Waals surface area contributed by atoms with E-state index in [0.717, 1.165) is 25.2 Å². The van der Waals surface area contributed by atoms with Crippen LogP contribution < -0.4 is 10.2 Å². The number of nitrogens with zero attached hydrogens (tertiary/aromatic N) is 2. The Morgan fingerprint density at radius 1 is 1.44 bits per heavy atom. The van der Waals surface area contributed by atoms with Crippen molar-refractivity contribution in [2.75, 3.05) is 26.2 Å². The predicted molar refractivity (Wildman–Crippen MR) is 99.3 cm³/mol. The number of quaternary nitrogens is 1. The Morgan fingerprint density at radius 2 is 2.12 bits per heavy atom. The van der Waals surface area contributed by atoms with Gasteiger partial charge in [-0.2, -0.15) is 4.99 Å². The number of allylic oxidation sites excluding steroid dienone is 2. The lowest BCUT2D eigenvalue weighted by Crippen LogP contribution is -3.12. The molecule has 2 unspecified atom stereocenters. The molecule has 2 amide bonds. The lowest BCUT2D eigenvalue weighted by molar-refractivity contribution is -0.899. The van der Waals surface area contributed by atoms with E-state index in [1.807, 2.05) is 37.1 Å². The molecule has 2 atom stereocenters. The van der Waals surface area contributed by atoms with Gasteiger partial charge in [-0.1, -0.05) is 13.0 Å². The van der Waals surface area contributed by atoms with Crippen molar-refractivity contribution in [3.05, 3.63) is 23.9 Å². The maximum atomic E-state index is 12.9. The van der Waals surface area contributed by atoms with Crippen molar-refractivity contribution < 1.29 is 14.5 Å².